The van der Waals surface area contributed by atoms with Crippen LogP contribution in [0.25, 0.3) is 0 Å². The molecule has 0 aliphatic carbocycles. The van der Waals surface area contributed by atoms with Crippen molar-refractivity contribution in [3.05, 3.63) is 71.9 Å². The van der Waals surface area contributed by atoms with Gasteiger partial charge in [0.1, 0.15) is 17.4 Å². The number of hydrogen-bond donors (Lipinski definition) is 1. The number of methoxy groups -OCH3 is 1. The molecule has 2 fully saturated rings. The van der Waals surface area contributed by atoms with E-state index in [9.17, 15) is 18.5 Å². The number of nitrogens with one attached hydrogen (secondary N) is 1. The average Bonchev–Trinajstić information content (AvgIpc) is 3.31. The monoisotopic (exact) mass is 496 g/mol. The van der Waals surface area contributed by atoms with Crippen LogP contribution in [0.15, 0.2) is 71.4 Å². The van der Waals surface area contributed by atoms with Crippen LogP contribution in [0.2, 0.25) is 0 Å². The van der Waals surface area contributed by atoms with Gasteiger partial charge in [-0.05, 0) is 36.2 Å². The van der Waals surface area contributed by atoms with E-state index in [2.05, 4.69) is 10.3 Å². The van der Waals surface area contributed by atoms with Gasteiger partial charge in [-0.2, -0.15) is 5.26 Å². The maximum atomic E-state index is 12.5. The number of ether oxygens (including phenoxy) is 1. The summed E-state index contributed by atoms with van der Waals surface area (Å²) in [5.74, 6) is 0.403. The topological polar surface area (TPSA) is 112 Å². The number of nitrogens with zero attached hydrogens (tertiary/aromatic N) is 3. The molecule has 2 saturated heterocycles. The fourth-order valence-electron chi connectivity index (χ4n) is 3.93. The second-order valence-corrected chi connectivity index (χ2v) is 11.3. The van der Waals surface area contributed by atoms with Gasteiger partial charge in [-0.15, -0.1) is 0 Å². The lowest BCUT2D eigenvalue weighted by Gasteiger charge is -2.24. The molecule has 0 bridgehead atoms. The first-order chi connectivity index (χ1) is 16.4. The van der Waals surface area contributed by atoms with E-state index in [1.807, 2.05) is 65.6 Å². The lowest BCUT2D eigenvalue weighted by molar-refractivity contribution is -0.117. The summed E-state index contributed by atoms with van der Waals surface area (Å²) in [6.07, 6.45) is 1.87. The van der Waals surface area contributed by atoms with Crippen molar-refractivity contribution in [2.24, 2.45) is 4.99 Å². The molecule has 2 aliphatic rings. The zero-order valence-corrected chi connectivity index (χ0v) is 20.2. The summed E-state index contributed by atoms with van der Waals surface area (Å²) in [6.45, 7) is 0.369. The number of hydrogen-bond acceptors (Lipinski definition) is 7. The van der Waals surface area contributed by atoms with Gasteiger partial charge in [0.05, 0.1) is 30.9 Å². The zero-order valence-electron chi connectivity index (χ0n) is 18.5. The number of rotatable bonds is 7. The highest BCUT2D eigenvalue weighted by Crippen LogP contribution is 2.40. The molecule has 10 heteroatoms. The summed E-state index contributed by atoms with van der Waals surface area (Å²) >= 11 is 1.37. The van der Waals surface area contributed by atoms with E-state index in [1.165, 1.54) is 18.0 Å². The molecule has 2 aliphatic heterocycles. The summed E-state index contributed by atoms with van der Waals surface area (Å²) in [4.78, 5) is 18.8. The van der Waals surface area contributed by atoms with Gasteiger partial charge < -0.3 is 15.0 Å². The number of fused-ring (bicyclic) bond motifs is 1. The molecule has 8 nitrogen and oxygen atoms in total. The van der Waals surface area contributed by atoms with Crippen molar-refractivity contribution in [2.75, 3.05) is 30.1 Å². The molecule has 2 heterocycles. The van der Waals surface area contributed by atoms with Crippen LogP contribution >= 0.6 is 11.8 Å². The fraction of sp³-hybridized carbons (Fsp3) is 0.292. The van der Waals surface area contributed by atoms with Gasteiger partial charge in [0, 0.05) is 17.5 Å². The first kappa shape index (κ1) is 23.9. The van der Waals surface area contributed by atoms with Crippen LogP contribution in [0.5, 0.6) is 5.75 Å². The predicted octanol–water partition coefficient (Wildman–Crippen LogP) is 2.54. The van der Waals surface area contributed by atoms with E-state index in [0.29, 0.717) is 18.1 Å². The smallest absolute Gasteiger partial charge is 0.263 e. The Kier molecular flexibility index (Phi) is 7.24. The van der Waals surface area contributed by atoms with Gasteiger partial charge >= 0.3 is 0 Å². The fourth-order valence-corrected chi connectivity index (χ4v) is 7.82. The Hall–Kier alpha value is -3.29. The summed E-state index contributed by atoms with van der Waals surface area (Å²) in [5.41, 5.74) is 1.75. The molecule has 1 N–H and O–H groups in total. The van der Waals surface area contributed by atoms with Gasteiger partial charge in [-0.1, -0.05) is 42.1 Å². The number of sulfone groups is 1. The molecule has 2 aromatic rings. The third-order valence-electron chi connectivity index (χ3n) is 5.63. The van der Waals surface area contributed by atoms with Crippen LogP contribution in [0.4, 0.5) is 5.69 Å². The molecule has 34 heavy (non-hydrogen) atoms. The number of benzene rings is 2. The first-order valence-electron chi connectivity index (χ1n) is 10.7. The summed E-state index contributed by atoms with van der Waals surface area (Å²) in [5, 5.41) is 12.7. The normalized spacial score (nSPS) is 22.3. The van der Waals surface area contributed by atoms with E-state index in [1.54, 1.807) is 7.11 Å². The number of amides is 1. The number of carbonyl (C=O) groups is 1. The van der Waals surface area contributed by atoms with E-state index < -0.39 is 15.7 Å². The number of amidine groups is 1. The molecule has 2 unspecified atom stereocenters. The second kappa shape index (κ2) is 10.3. The van der Waals surface area contributed by atoms with Crippen molar-refractivity contribution < 1.29 is 17.9 Å². The Bertz CT molecular complexity index is 1250. The minimum atomic E-state index is -3.11. The van der Waals surface area contributed by atoms with Crippen molar-refractivity contribution >= 4 is 38.4 Å². The van der Waals surface area contributed by atoms with Gasteiger partial charge in [-0.25, -0.2) is 13.4 Å². The molecule has 0 saturated carbocycles. The molecule has 2 aromatic carbocycles. The third kappa shape index (κ3) is 5.43. The zero-order chi connectivity index (χ0) is 24.1. The van der Waals surface area contributed by atoms with Crippen LogP contribution in [0.1, 0.15) is 5.56 Å². The summed E-state index contributed by atoms with van der Waals surface area (Å²) in [6, 6.07) is 18.7. The number of anilines is 1. The Morgan fingerprint density at radius 1 is 1.24 bits per heavy atom. The van der Waals surface area contributed by atoms with Crippen molar-refractivity contribution in [3.8, 4) is 11.8 Å². The SMILES string of the molecule is COc1ccc(CCNC(=O)C(C#N)=CN=C2SC3CS(=O)(=O)CC3N2c2ccccc2)cc1. The van der Waals surface area contributed by atoms with Crippen LogP contribution in [0, 0.1) is 11.3 Å². The van der Waals surface area contributed by atoms with Crippen molar-refractivity contribution in [2.45, 2.75) is 17.7 Å². The standard InChI is InChI=1S/C24H24N4O4S2/c1-32-20-9-7-17(8-10-20)11-12-26-23(29)18(13-25)14-27-24-28(19-5-3-2-4-6-19)21-15-34(30,31)16-22(21)33-24/h2-10,14,21-22H,11-12,15-16H2,1H3,(H,26,29). The quantitative estimate of drug-likeness (QED) is 0.463. The number of nitriles is 1. The highest BCUT2D eigenvalue weighted by molar-refractivity contribution is 8.16. The molecule has 4 rings (SSSR count). The van der Waals surface area contributed by atoms with Crippen molar-refractivity contribution in [3.63, 3.8) is 0 Å². The molecule has 0 radical (unpaired) electrons. The Morgan fingerprint density at radius 3 is 2.65 bits per heavy atom. The van der Waals surface area contributed by atoms with Crippen LogP contribution in [0.3, 0.4) is 0 Å². The molecule has 0 spiro atoms. The number of aliphatic imine (C=N–C) groups is 1. The van der Waals surface area contributed by atoms with Crippen LogP contribution < -0.4 is 15.0 Å². The molecule has 0 aromatic heterocycles. The van der Waals surface area contributed by atoms with Crippen molar-refractivity contribution in [1.82, 2.24) is 5.32 Å². The van der Waals surface area contributed by atoms with Gasteiger partial charge in [0.2, 0.25) is 0 Å². The van der Waals surface area contributed by atoms with Gasteiger partial charge in [0.25, 0.3) is 5.91 Å². The molecule has 2 atom stereocenters. The highest BCUT2D eigenvalue weighted by atomic mass is 32.2. The Morgan fingerprint density at radius 2 is 1.97 bits per heavy atom. The van der Waals surface area contributed by atoms with Gasteiger partial charge in [-0.3, -0.25) is 4.79 Å². The third-order valence-corrected chi connectivity index (χ3v) is 8.85. The van der Waals surface area contributed by atoms with E-state index in [0.717, 1.165) is 17.0 Å². The lowest BCUT2D eigenvalue weighted by atomic mass is 10.1. The Labute approximate surface area is 203 Å². The van der Waals surface area contributed by atoms with Crippen molar-refractivity contribution in [1.29, 1.82) is 5.26 Å². The minimum absolute atomic E-state index is 0.0548. The molecular formula is C24H24N4O4S2. The number of para-hydroxylation sites is 1. The molecular weight excluding hydrogens is 472 g/mol. The highest BCUT2D eigenvalue weighted by Gasteiger charge is 2.49. The summed E-state index contributed by atoms with van der Waals surface area (Å²) in [7, 11) is -1.51. The average molecular weight is 497 g/mol. The molecule has 1 amide bonds. The maximum Gasteiger partial charge on any atom is 0.263 e. The first-order valence-corrected chi connectivity index (χ1v) is 13.4. The van der Waals surface area contributed by atoms with Gasteiger partial charge in [0.15, 0.2) is 15.0 Å². The largest absolute Gasteiger partial charge is 0.497 e. The Balaban J connectivity index is 1.46. The summed E-state index contributed by atoms with van der Waals surface area (Å²) < 4.78 is 29.5. The van der Waals surface area contributed by atoms with E-state index in [-0.39, 0.29) is 28.4 Å². The molecule has 176 valence electrons. The minimum Gasteiger partial charge on any atom is -0.497 e. The maximum absolute atomic E-state index is 12.5. The lowest BCUT2D eigenvalue weighted by Crippen LogP contribution is -2.37. The van der Waals surface area contributed by atoms with E-state index >= 15 is 0 Å². The van der Waals surface area contributed by atoms with Crippen LogP contribution in [-0.4, -0.2) is 55.9 Å². The number of thioether (sulfide) groups is 1. The number of carbonyl (C=O) groups excluding carboxylic acids is 1. The second-order valence-electron chi connectivity index (χ2n) is 7.93. The van der Waals surface area contributed by atoms with Crippen LogP contribution in [-0.2, 0) is 21.1 Å². The predicted molar refractivity (Wildman–Crippen MR) is 134 cm³/mol. The van der Waals surface area contributed by atoms with E-state index in [4.69, 9.17) is 4.74 Å².